The topological polar surface area (TPSA) is 54.0 Å². The Morgan fingerprint density at radius 2 is 2.10 bits per heavy atom. The van der Waals surface area contributed by atoms with Crippen molar-refractivity contribution in [1.29, 1.82) is 0 Å². The fraction of sp³-hybridized carbons (Fsp3) is 0.333. The fourth-order valence-electron chi connectivity index (χ4n) is 0.401. The average molecular weight is 335 g/mol. The molecule has 0 amide bonds. The lowest BCUT2D eigenvalue weighted by molar-refractivity contribution is 0.435. The Balaban J connectivity index is 2.85. The summed E-state index contributed by atoms with van der Waals surface area (Å²) in [6.07, 6.45) is 0. The molecule has 4 nitrogen and oxygen atoms in total. The van der Waals surface area contributed by atoms with Crippen LogP contribution in [-0.2, 0) is 0 Å². The quantitative estimate of drug-likeness (QED) is 0.413. The van der Waals surface area contributed by atoms with Gasteiger partial charge in [-0.15, -0.1) is 0 Å². The van der Waals surface area contributed by atoms with E-state index >= 15 is 0 Å². The monoisotopic (exact) mass is 332 g/mol. The van der Waals surface area contributed by atoms with Crippen molar-refractivity contribution in [3.05, 3.63) is 0 Å². The predicted molar refractivity (Wildman–Crippen MR) is 51.5 cm³/mol. The first-order valence-electron chi connectivity index (χ1n) is 2.27. The lowest BCUT2D eigenvalue weighted by Gasteiger charge is -2.22. The van der Waals surface area contributed by atoms with E-state index in [9.17, 15) is 0 Å². The van der Waals surface area contributed by atoms with Gasteiger partial charge in [0.15, 0.2) is 14.6 Å². The van der Waals surface area contributed by atoms with Gasteiger partial charge >= 0.3 is 0 Å². The molecule has 10 heavy (non-hydrogen) atoms. The van der Waals surface area contributed by atoms with Gasteiger partial charge in [0.1, 0.15) is 0 Å². The minimum absolute atomic E-state index is 0.256. The number of rotatable bonds is 0. The first kappa shape index (κ1) is 8.63. The molecule has 0 aromatic rings. The molecule has 1 rings (SSSR count). The van der Waals surface area contributed by atoms with Gasteiger partial charge in [-0.1, -0.05) is 0 Å². The molecular formula is C3H3Br3N4. The van der Waals surface area contributed by atoms with Crippen molar-refractivity contribution in [3.8, 4) is 0 Å². The molecular weight excluding hydrogens is 332 g/mol. The van der Waals surface area contributed by atoms with Crippen molar-refractivity contribution in [2.75, 3.05) is 0 Å². The highest BCUT2D eigenvalue weighted by molar-refractivity contribution is 9.19. The van der Waals surface area contributed by atoms with Crippen LogP contribution in [0.4, 0.5) is 0 Å². The Hall–Kier alpha value is 0.540. The zero-order valence-corrected chi connectivity index (χ0v) is 9.39. The van der Waals surface area contributed by atoms with E-state index < -0.39 is 0 Å². The molecule has 0 radical (unpaired) electrons. The zero-order valence-electron chi connectivity index (χ0n) is 4.63. The Bertz CT molecular complexity index is 200. The molecule has 0 aliphatic carbocycles. The van der Waals surface area contributed by atoms with Crippen LogP contribution in [0.2, 0.25) is 0 Å². The van der Waals surface area contributed by atoms with Crippen LogP contribution in [0.1, 0.15) is 0 Å². The molecule has 0 bridgehead atoms. The SMILES string of the molecule is NN1C(Br)=NC(Br)=NC1Br. The van der Waals surface area contributed by atoms with E-state index in [1.165, 1.54) is 5.01 Å². The number of hydrogen-bond donors (Lipinski definition) is 1. The first-order valence-corrected chi connectivity index (χ1v) is 4.77. The van der Waals surface area contributed by atoms with Gasteiger partial charge in [0.05, 0.1) is 0 Å². The summed E-state index contributed by atoms with van der Waals surface area (Å²) >= 11 is 9.47. The minimum Gasteiger partial charge on any atom is -0.254 e. The summed E-state index contributed by atoms with van der Waals surface area (Å²) in [6, 6.07) is 0. The molecule has 0 saturated carbocycles. The smallest absolute Gasteiger partial charge is 0.197 e. The lowest BCUT2D eigenvalue weighted by Crippen LogP contribution is -2.41. The van der Waals surface area contributed by atoms with Crippen LogP contribution in [0.5, 0.6) is 0 Å². The van der Waals surface area contributed by atoms with Gasteiger partial charge < -0.3 is 0 Å². The van der Waals surface area contributed by atoms with Gasteiger partial charge in [0, 0.05) is 0 Å². The fourth-order valence-corrected chi connectivity index (χ4v) is 2.30. The normalized spacial score (nSPS) is 26.0. The Kier molecular flexibility index (Phi) is 2.84. The van der Waals surface area contributed by atoms with E-state index in [2.05, 4.69) is 57.8 Å². The maximum Gasteiger partial charge on any atom is 0.197 e. The summed E-state index contributed by atoms with van der Waals surface area (Å²) in [6.45, 7) is 0. The van der Waals surface area contributed by atoms with Gasteiger partial charge in [0.2, 0.25) is 0 Å². The summed E-state index contributed by atoms with van der Waals surface area (Å²) in [4.78, 5) is 7.83. The van der Waals surface area contributed by atoms with Crippen molar-refractivity contribution in [1.82, 2.24) is 5.01 Å². The van der Waals surface area contributed by atoms with Crippen LogP contribution in [0.3, 0.4) is 0 Å². The van der Waals surface area contributed by atoms with Crippen LogP contribution < -0.4 is 5.84 Å². The van der Waals surface area contributed by atoms with Crippen molar-refractivity contribution >= 4 is 57.3 Å². The molecule has 0 aromatic carbocycles. The van der Waals surface area contributed by atoms with Crippen LogP contribution in [-0.4, -0.2) is 19.6 Å². The van der Waals surface area contributed by atoms with Crippen molar-refractivity contribution in [3.63, 3.8) is 0 Å². The lowest BCUT2D eigenvalue weighted by atomic mass is 10.9. The number of amidine groups is 2. The number of halogens is 3. The van der Waals surface area contributed by atoms with E-state index in [-0.39, 0.29) is 5.08 Å². The Labute approximate surface area is 82.9 Å². The van der Waals surface area contributed by atoms with Gasteiger partial charge in [-0.25, -0.2) is 10.8 Å². The van der Waals surface area contributed by atoms with E-state index in [0.29, 0.717) is 9.49 Å². The number of hydrazine groups is 1. The maximum atomic E-state index is 5.46. The van der Waals surface area contributed by atoms with Crippen molar-refractivity contribution < 1.29 is 0 Å². The second kappa shape index (κ2) is 3.29. The molecule has 1 aliphatic heterocycles. The molecule has 7 heteroatoms. The number of aliphatic imine (C=N–C) groups is 2. The standard InChI is InChI=1S/C3H3Br3N4/c4-1-8-2(5)10(7)3(6)9-1/h2H,7H2. The second-order valence-corrected chi connectivity index (χ2v) is 3.73. The summed E-state index contributed by atoms with van der Waals surface area (Å²) in [7, 11) is 0. The van der Waals surface area contributed by atoms with Crippen LogP contribution >= 0.6 is 47.8 Å². The summed E-state index contributed by atoms with van der Waals surface area (Å²) in [5, 5.41) is 1.10. The molecule has 0 fully saturated rings. The van der Waals surface area contributed by atoms with Crippen LogP contribution in [0.25, 0.3) is 0 Å². The summed E-state index contributed by atoms with van der Waals surface area (Å²) < 4.78 is 1.05. The van der Waals surface area contributed by atoms with Gasteiger partial charge in [0.25, 0.3) is 0 Å². The first-order chi connectivity index (χ1) is 4.61. The molecule has 1 aliphatic rings. The molecule has 1 heterocycles. The molecule has 1 unspecified atom stereocenters. The highest BCUT2D eigenvalue weighted by atomic mass is 79.9. The predicted octanol–water partition coefficient (Wildman–Crippen LogP) is 1.36. The highest BCUT2D eigenvalue weighted by Crippen LogP contribution is 2.15. The number of nitrogens with zero attached hydrogens (tertiary/aromatic N) is 3. The van der Waals surface area contributed by atoms with E-state index in [1.54, 1.807) is 0 Å². The number of hydrogen-bond acceptors (Lipinski definition) is 4. The van der Waals surface area contributed by atoms with Crippen LogP contribution in [0, 0.1) is 0 Å². The molecule has 0 saturated heterocycles. The maximum absolute atomic E-state index is 5.46. The summed E-state index contributed by atoms with van der Waals surface area (Å²) in [5.41, 5.74) is 0. The summed E-state index contributed by atoms with van der Waals surface area (Å²) in [5.74, 6) is 5.46. The molecule has 0 aromatic heterocycles. The minimum atomic E-state index is -0.256. The Morgan fingerprint density at radius 1 is 1.50 bits per heavy atom. The third-order valence-electron chi connectivity index (χ3n) is 0.840. The van der Waals surface area contributed by atoms with Gasteiger partial charge in [-0.05, 0) is 47.8 Å². The Morgan fingerprint density at radius 3 is 2.60 bits per heavy atom. The largest absolute Gasteiger partial charge is 0.254 e. The number of alkyl halides is 1. The molecule has 1 atom stereocenters. The van der Waals surface area contributed by atoms with Crippen LogP contribution in [0.15, 0.2) is 9.98 Å². The number of nitrogens with two attached hydrogens (primary N) is 1. The molecule has 0 spiro atoms. The average Bonchev–Trinajstić information content (AvgIpc) is 1.82. The van der Waals surface area contributed by atoms with Crippen molar-refractivity contribution in [2.24, 2.45) is 15.8 Å². The van der Waals surface area contributed by atoms with Crippen molar-refractivity contribution in [2.45, 2.75) is 5.08 Å². The van der Waals surface area contributed by atoms with E-state index in [1.807, 2.05) is 0 Å². The zero-order chi connectivity index (χ0) is 7.72. The van der Waals surface area contributed by atoms with Gasteiger partial charge in [-0.3, -0.25) is 5.01 Å². The second-order valence-electron chi connectivity index (χ2n) is 1.50. The molecule has 2 N–H and O–H groups in total. The highest BCUT2D eigenvalue weighted by Gasteiger charge is 2.17. The molecule has 56 valence electrons. The van der Waals surface area contributed by atoms with Gasteiger partial charge in [-0.2, -0.15) is 4.99 Å². The third kappa shape index (κ3) is 1.77. The third-order valence-corrected chi connectivity index (χ3v) is 2.45. The van der Waals surface area contributed by atoms with E-state index in [0.717, 1.165) is 0 Å². The van der Waals surface area contributed by atoms with E-state index in [4.69, 9.17) is 5.84 Å².